The number of benzene rings is 2. The first-order valence-electron chi connectivity index (χ1n) is 9.73. The van der Waals surface area contributed by atoms with Crippen molar-refractivity contribution in [2.24, 2.45) is 5.14 Å². The Balaban J connectivity index is 0.00000289. The van der Waals surface area contributed by atoms with Gasteiger partial charge >= 0.3 is 6.03 Å². The second-order valence-electron chi connectivity index (χ2n) is 7.43. The Kier molecular flexibility index (Phi) is 7.15. The number of aromatic nitrogens is 1. The van der Waals surface area contributed by atoms with Crippen LogP contribution in [0.25, 0.3) is 11.1 Å². The number of hydrogen-bond donors (Lipinski definition) is 2. The van der Waals surface area contributed by atoms with Gasteiger partial charge in [-0.3, -0.25) is 4.90 Å². The van der Waals surface area contributed by atoms with E-state index in [9.17, 15) is 13.2 Å². The molecule has 0 saturated carbocycles. The fraction of sp³-hybridized carbons (Fsp3) is 0.182. The number of rotatable bonds is 6. The first-order chi connectivity index (χ1) is 14.8. The normalized spacial score (nSPS) is 13.5. The minimum absolute atomic E-state index is 0. The van der Waals surface area contributed by atoms with Crippen LogP contribution in [0.4, 0.5) is 10.6 Å². The van der Waals surface area contributed by atoms with E-state index < -0.39 is 10.2 Å². The number of amides is 2. The molecule has 3 N–H and O–H groups in total. The third-order valence-corrected chi connectivity index (χ3v) is 5.71. The molecule has 0 spiro atoms. The molecule has 1 aliphatic heterocycles. The number of urea groups is 1. The summed E-state index contributed by atoms with van der Waals surface area (Å²) in [4.78, 5) is 20.8. The van der Waals surface area contributed by atoms with Crippen LogP contribution in [-0.4, -0.2) is 31.4 Å². The van der Waals surface area contributed by atoms with Crippen LogP contribution >= 0.6 is 12.4 Å². The third kappa shape index (κ3) is 5.25. The van der Waals surface area contributed by atoms with Crippen molar-refractivity contribution < 1.29 is 13.2 Å². The van der Waals surface area contributed by atoms with Gasteiger partial charge in [-0.2, -0.15) is 13.1 Å². The molecule has 1 aliphatic rings. The number of carbonyl (C=O) groups is 1. The predicted octanol–water partition coefficient (Wildman–Crippen LogP) is 3.04. The Morgan fingerprint density at radius 3 is 2.38 bits per heavy atom. The lowest BCUT2D eigenvalue weighted by Crippen LogP contribution is -2.45. The van der Waals surface area contributed by atoms with E-state index in [4.69, 9.17) is 5.14 Å². The van der Waals surface area contributed by atoms with Crippen LogP contribution in [-0.2, 0) is 29.8 Å². The van der Waals surface area contributed by atoms with Crippen LogP contribution in [0.2, 0.25) is 0 Å². The number of nitrogens with two attached hydrogens (primary N) is 1. The zero-order valence-corrected chi connectivity index (χ0v) is 19.1. The molecule has 0 unspecified atom stereocenters. The van der Waals surface area contributed by atoms with Gasteiger partial charge in [0.25, 0.3) is 10.2 Å². The summed E-state index contributed by atoms with van der Waals surface area (Å²) in [6, 6.07) is 19.2. The van der Waals surface area contributed by atoms with Crippen LogP contribution in [0.3, 0.4) is 0 Å². The number of halogens is 1. The Hall–Kier alpha value is -2.98. The highest BCUT2D eigenvalue weighted by molar-refractivity contribution is 7.87. The molecule has 0 aliphatic carbocycles. The summed E-state index contributed by atoms with van der Waals surface area (Å²) in [5, 5.41) is 4.99. The average molecular weight is 474 g/mol. The minimum atomic E-state index is -3.74. The molecule has 0 atom stereocenters. The highest BCUT2D eigenvalue weighted by Crippen LogP contribution is 2.35. The summed E-state index contributed by atoms with van der Waals surface area (Å²) in [6.07, 6.45) is 1.71. The minimum Gasteiger partial charge on any atom is -0.323 e. The fourth-order valence-corrected chi connectivity index (χ4v) is 4.00. The Bertz CT molecular complexity index is 1200. The molecule has 4 rings (SSSR count). The summed E-state index contributed by atoms with van der Waals surface area (Å²) in [7, 11) is -1.96. The lowest BCUT2D eigenvalue weighted by molar-refractivity contribution is 0.209. The summed E-state index contributed by atoms with van der Waals surface area (Å²) >= 11 is 0. The van der Waals surface area contributed by atoms with Crippen molar-refractivity contribution in [2.75, 3.05) is 11.9 Å². The van der Waals surface area contributed by atoms with Gasteiger partial charge < -0.3 is 4.90 Å². The topological polar surface area (TPSA) is 109 Å². The molecular weight excluding hydrogens is 450 g/mol. The van der Waals surface area contributed by atoms with E-state index in [1.165, 1.54) is 0 Å². The van der Waals surface area contributed by atoms with Crippen LogP contribution in [0.15, 0.2) is 66.9 Å². The first kappa shape index (κ1) is 23.7. The summed E-state index contributed by atoms with van der Waals surface area (Å²) in [5.41, 5.74) is 4.72. The Labute approximate surface area is 193 Å². The number of nitrogens with one attached hydrogen (secondary N) is 1. The number of nitrogens with zero attached hydrogens (tertiary/aromatic N) is 3. The average Bonchev–Trinajstić information content (AvgIpc) is 2.76. The van der Waals surface area contributed by atoms with E-state index in [2.05, 4.69) is 9.71 Å². The number of anilines is 1. The largest absolute Gasteiger partial charge is 0.326 e. The maximum Gasteiger partial charge on any atom is 0.326 e. The molecule has 8 nitrogen and oxygen atoms in total. The van der Waals surface area contributed by atoms with Crippen molar-refractivity contribution in [1.29, 1.82) is 0 Å². The standard InChI is InChI=1S/C22H23N5O3S.ClH/c1-26-15-20-19(18-9-7-16(8-10-18)13-25-31(23,29)30)11-12-24-21(20)27(22(26)28)14-17-5-3-2-4-6-17;/h2-12,25H,13-15H2,1H3,(H2,23,29,30);1H. The van der Waals surface area contributed by atoms with Crippen molar-refractivity contribution in [3.8, 4) is 11.1 Å². The quantitative estimate of drug-likeness (QED) is 0.573. The molecule has 2 amide bonds. The van der Waals surface area contributed by atoms with Gasteiger partial charge in [-0.1, -0.05) is 54.6 Å². The maximum absolute atomic E-state index is 12.9. The molecule has 2 aromatic carbocycles. The third-order valence-electron chi connectivity index (χ3n) is 5.17. The second-order valence-corrected chi connectivity index (χ2v) is 8.81. The van der Waals surface area contributed by atoms with Gasteiger partial charge in [0.1, 0.15) is 5.82 Å². The molecule has 3 aromatic rings. The molecule has 168 valence electrons. The van der Waals surface area contributed by atoms with Gasteiger partial charge in [-0.05, 0) is 28.3 Å². The summed E-state index contributed by atoms with van der Waals surface area (Å²) in [6.45, 7) is 1.01. The molecule has 0 radical (unpaired) electrons. The van der Waals surface area contributed by atoms with E-state index in [0.717, 1.165) is 27.8 Å². The van der Waals surface area contributed by atoms with Crippen molar-refractivity contribution in [1.82, 2.24) is 14.6 Å². The van der Waals surface area contributed by atoms with Crippen LogP contribution in [0.1, 0.15) is 16.7 Å². The molecule has 1 aromatic heterocycles. The number of carbonyl (C=O) groups excluding carboxylic acids is 1. The van der Waals surface area contributed by atoms with Gasteiger partial charge in [0.2, 0.25) is 0 Å². The fourth-order valence-electron chi connectivity index (χ4n) is 3.64. The van der Waals surface area contributed by atoms with Crippen molar-refractivity contribution in [3.05, 3.63) is 83.6 Å². The van der Waals surface area contributed by atoms with Gasteiger partial charge in [-0.25, -0.2) is 14.9 Å². The summed E-state index contributed by atoms with van der Waals surface area (Å²) in [5.74, 6) is 0.657. The van der Waals surface area contributed by atoms with Crippen LogP contribution in [0.5, 0.6) is 0 Å². The van der Waals surface area contributed by atoms with Gasteiger partial charge in [-0.15, -0.1) is 12.4 Å². The molecule has 0 fully saturated rings. The van der Waals surface area contributed by atoms with Gasteiger partial charge in [0.05, 0.1) is 13.1 Å². The Morgan fingerprint density at radius 2 is 1.72 bits per heavy atom. The van der Waals surface area contributed by atoms with Crippen molar-refractivity contribution >= 4 is 34.5 Å². The SMILES string of the molecule is CN1Cc2c(-c3ccc(CNS(N)(=O)=O)cc3)ccnc2N(Cc2ccccc2)C1=O.Cl. The van der Waals surface area contributed by atoms with E-state index in [1.54, 1.807) is 23.0 Å². The van der Waals surface area contributed by atoms with Crippen molar-refractivity contribution in [3.63, 3.8) is 0 Å². The van der Waals surface area contributed by atoms with Gasteiger partial charge in [0.15, 0.2) is 0 Å². The van der Waals surface area contributed by atoms with Crippen LogP contribution in [0, 0.1) is 0 Å². The lowest BCUT2D eigenvalue weighted by atomic mass is 9.98. The summed E-state index contributed by atoms with van der Waals surface area (Å²) < 4.78 is 24.5. The van der Waals surface area contributed by atoms with E-state index >= 15 is 0 Å². The van der Waals surface area contributed by atoms with Gasteiger partial charge in [0, 0.05) is 25.4 Å². The molecule has 2 heterocycles. The number of hydrogen-bond acceptors (Lipinski definition) is 4. The maximum atomic E-state index is 12.9. The zero-order valence-electron chi connectivity index (χ0n) is 17.4. The molecule has 32 heavy (non-hydrogen) atoms. The second kappa shape index (κ2) is 9.66. The monoisotopic (exact) mass is 473 g/mol. The zero-order chi connectivity index (χ0) is 22.0. The van der Waals surface area contributed by atoms with E-state index in [1.807, 2.05) is 60.7 Å². The first-order valence-corrected chi connectivity index (χ1v) is 11.3. The smallest absolute Gasteiger partial charge is 0.323 e. The molecule has 0 bridgehead atoms. The lowest BCUT2D eigenvalue weighted by Gasteiger charge is -2.35. The van der Waals surface area contributed by atoms with E-state index in [0.29, 0.717) is 18.9 Å². The highest BCUT2D eigenvalue weighted by Gasteiger charge is 2.31. The van der Waals surface area contributed by atoms with E-state index in [-0.39, 0.29) is 25.0 Å². The number of fused-ring (bicyclic) bond motifs is 1. The predicted molar refractivity (Wildman–Crippen MR) is 126 cm³/mol. The highest BCUT2D eigenvalue weighted by atomic mass is 35.5. The Morgan fingerprint density at radius 1 is 1.03 bits per heavy atom. The van der Waals surface area contributed by atoms with Crippen molar-refractivity contribution in [2.45, 2.75) is 19.6 Å². The number of pyridine rings is 1. The molecule has 0 saturated heterocycles. The molecule has 10 heteroatoms. The molecular formula is C22H24ClN5O3S. The van der Waals surface area contributed by atoms with Crippen LogP contribution < -0.4 is 14.8 Å².